The van der Waals surface area contributed by atoms with E-state index in [0.717, 1.165) is 35.6 Å². The Morgan fingerprint density at radius 2 is 0.795 bits per heavy atom. The summed E-state index contributed by atoms with van der Waals surface area (Å²) < 4.78 is 3.75. The second-order valence-electron chi connectivity index (χ2n) is 13.2. The van der Waals surface area contributed by atoms with E-state index >= 15 is 0 Å². The molecule has 0 fully saturated rings. The SMILES string of the molecule is CC(C)(C)c1ccc(-c2cn(Cc3ccccc3)nn2)cc1.CC(C)(C)c1ccc(-c2cn(Cc3ccccc3)nn2)cc1. The van der Waals surface area contributed by atoms with Crippen LogP contribution in [0.2, 0.25) is 0 Å². The fraction of sp³-hybridized carbons (Fsp3) is 0.263. The van der Waals surface area contributed by atoms with Crippen LogP contribution in [0.3, 0.4) is 0 Å². The van der Waals surface area contributed by atoms with Gasteiger partial charge < -0.3 is 0 Å². The molecule has 0 bridgehead atoms. The fourth-order valence-corrected chi connectivity index (χ4v) is 4.84. The molecule has 0 aliphatic rings. The number of nitrogens with zero attached hydrogens (tertiary/aromatic N) is 6. The van der Waals surface area contributed by atoms with Crippen LogP contribution in [0.5, 0.6) is 0 Å². The molecule has 0 saturated heterocycles. The molecule has 0 aliphatic heterocycles. The predicted molar refractivity (Wildman–Crippen MR) is 179 cm³/mol. The van der Waals surface area contributed by atoms with Crippen LogP contribution < -0.4 is 0 Å². The normalized spacial score (nSPS) is 11.6. The molecule has 6 nitrogen and oxygen atoms in total. The van der Waals surface area contributed by atoms with E-state index in [9.17, 15) is 0 Å². The lowest BCUT2D eigenvalue weighted by Crippen LogP contribution is -2.10. The van der Waals surface area contributed by atoms with E-state index in [1.807, 2.05) is 58.2 Å². The van der Waals surface area contributed by atoms with E-state index in [1.54, 1.807) is 0 Å². The van der Waals surface area contributed by atoms with E-state index in [1.165, 1.54) is 22.3 Å². The van der Waals surface area contributed by atoms with Crippen molar-refractivity contribution in [2.75, 3.05) is 0 Å². The lowest BCUT2D eigenvalue weighted by molar-refractivity contribution is 0.590. The molecular formula is C38H42N6. The standard InChI is InChI=1S/2C19H21N3/c2*1-19(2,3)17-11-9-16(10-12-17)18-14-22(21-20-18)13-15-7-5-4-6-8-15/h2*4-12,14H,13H2,1-3H3. The Bertz CT molecular complexity index is 1600. The van der Waals surface area contributed by atoms with E-state index in [2.05, 4.69) is 135 Å². The lowest BCUT2D eigenvalue weighted by Gasteiger charge is -2.18. The minimum absolute atomic E-state index is 0.170. The molecule has 44 heavy (non-hydrogen) atoms. The molecule has 0 radical (unpaired) electrons. The number of rotatable bonds is 6. The van der Waals surface area contributed by atoms with Gasteiger partial charge >= 0.3 is 0 Å². The van der Waals surface area contributed by atoms with Gasteiger partial charge in [-0.15, -0.1) is 10.2 Å². The number of hydrogen-bond donors (Lipinski definition) is 0. The molecule has 0 saturated carbocycles. The summed E-state index contributed by atoms with van der Waals surface area (Å²) in [5, 5.41) is 17.0. The highest BCUT2D eigenvalue weighted by Crippen LogP contribution is 2.26. The summed E-state index contributed by atoms with van der Waals surface area (Å²) in [5.74, 6) is 0. The van der Waals surface area contributed by atoms with Gasteiger partial charge in [-0.25, -0.2) is 9.36 Å². The van der Waals surface area contributed by atoms with Gasteiger partial charge in [-0.1, -0.05) is 161 Å². The van der Waals surface area contributed by atoms with E-state index in [-0.39, 0.29) is 10.8 Å². The third-order valence-electron chi connectivity index (χ3n) is 7.55. The average Bonchev–Trinajstić information content (AvgIpc) is 3.68. The summed E-state index contributed by atoms with van der Waals surface area (Å²) in [4.78, 5) is 0. The van der Waals surface area contributed by atoms with Gasteiger partial charge in [0.15, 0.2) is 0 Å². The van der Waals surface area contributed by atoms with Crippen molar-refractivity contribution in [3.05, 3.63) is 144 Å². The zero-order valence-electron chi connectivity index (χ0n) is 26.6. The van der Waals surface area contributed by atoms with Gasteiger partial charge in [0.05, 0.1) is 25.5 Å². The number of aromatic nitrogens is 6. The van der Waals surface area contributed by atoms with Crippen molar-refractivity contribution in [2.24, 2.45) is 0 Å². The molecule has 224 valence electrons. The molecule has 0 N–H and O–H groups in total. The first kappa shape index (κ1) is 30.6. The number of hydrogen-bond acceptors (Lipinski definition) is 4. The highest BCUT2D eigenvalue weighted by molar-refractivity contribution is 5.59. The van der Waals surface area contributed by atoms with Crippen molar-refractivity contribution < 1.29 is 0 Å². The topological polar surface area (TPSA) is 61.4 Å². The Morgan fingerprint density at radius 1 is 0.455 bits per heavy atom. The third kappa shape index (κ3) is 8.16. The van der Waals surface area contributed by atoms with Gasteiger partial charge in [-0.3, -0.25) is 0 Å². The quantitative estimate of drug-likeness (QED) is 0.197. The molecule has 0 aliphatic carbocycles. The van der Waals surface area contributed by atoms with Gasteiger partial charge in [0, 0.05) is 11.1 Å². The van der Waals surface area contributed by atoms with Crippen LogP contribution in [0.25, 0.3) is 22.5 Å². The summed E-state index contributed by atoms with van der Waals surface area (Å²) in [6.07, 6.45) is 4.00. The van der Waals surface area contributed by atoms with Gasteiger partial charge in [-0.2, -0.15) is 0 Å². The van der Waals surface area contributed by atoms with E-state index in [0.29, 0.717) is 0 Å². The summed E-state index contributed by atoms with van der Waals surface area (Å²) in [6, 6.07) is 37.8. The first-order valence-electron chi connectivity index (χ1n) is 15.1. The Labute approximate surface area is 261 Å². The Hall–Kier alpha value is -4.84. The second-order valence-corrected chi connectivity index (χ2v) is 13.2. The molecule has 2 aromatic heterocycles. The highest BCUT2D eigenvalue weighted by Gasteiger charge is 2.15. The number of benzene rings is 4. The molecule has 0 amide bonds. The Morgan fingerprint density at radius 3 is 1.11 bits per heavy atom. The molecule has 2 heterocycles. The fourth-order valence-electron chi connectivity index (χ4n) is 4.84. The van der Waals surface area contributed by atoms with E-state index < -0.39 is 0 Å². The van der Waals surface area contributed by atoms with E-state index in [4.69, 9.17) is 0 Å². The summed E-state index contributed by atoms with van der Waals surface area (Å²) in [6.45, 7) is 14.8. The molecule has 0 spiro atoms. The second kappa shape index (κ2) is 13.2. The van der Waals surface area contributed by atoms with Crippen molar-refractivity contribution in [3.63, 3.8) is 0 Å². The van der Waals surface area contributed by atoms with Gasteiger partial charge in [-0.05, 0) is 33.1 Å². The Kier molecular flexibility index (Phi) is 9.19. The van der Waals surface area contributed by atoms with Crippen molar-refractivity contribution in [1.82, 2.24) is 30.0 Å². The van der Waals surface area contributed by atoms with Crippen LogP contribution in [0.4, 0.5) is 0 Å². The zero-order chi connectivity index (χ0) is 31.2. The molecular weight excluding hydrogens is 540 g/mol. The smallest absolute Gasteiger partial charge is 0.113 e. The highest BCUT2D eigenvalue weighted by atomic mass is 15.4. The monoisotopic (exact) mass is 582 g/mol. The summed E-state index contributed by atoms with van der Waals surface area (Å²) in [7, 11) is 0. The van der Waals surface area contributed by atoms with Crippen LogP contribution in [0.1, 0.15) is 63.8 Å². The van der Waals surface area contributed by atoms with Crippen LogP contribution in [-0.4, -0.2) is 30.0 Å². The first-order valence-corrected chi connectivity index (χ1v) is 15.1. The molecule has 4 aromatic carbocycles. The maximum Gasteiger partial charge on any atom is 0.113 e. The largest absolute Gasteiger partial charge is 0.247 e. The maximum atomic E-state index is 4.29. The van der Waals surface area contributed by atoms with Gasteiger partial charge in [0.1, 0.15) is 11.4 Å². The zero-order valence-corrected chi connectivity index (χ0v) is 26.6. The van der Waals surface area contributed by atoms with Crippen molar-refractivity contribution in [1.29, 1.82) is 0 Å². The van der Waals surface area contributed by atoms with Crippen LogP contribution >= 0.6 is 0 Å². The minimum Gasteiger partial charge on any atom is -0.247 e. The van der Waals surface area contributed by atoms with Crippen molar-refractivity contribution in [3.8, 4) is 22.5 Å². The summed E-state index contributed by atoms with van der Waals surface area (Å²) in [5.41, 5.74) is 9.48. The summed E-state index contributed by atoms with van der Waals surface area (Å²) >= 11 is 0. The third-order valence-corrected chi connectivity index (χ3v) is 7.55. The van der Waals surface area contributed by atoms with Crippen LogP contribution in [-0.2, 0) is 23.9 Å². The molecule has 6 aromatic rings. The lowest BCUT2D eigenvalue weighted by atomic mass is 9.86. The van der Waals surface area contributed by atoms with Gasteiger partial charge in [0.2, 0.25) is 0 Å². The van der Waals surface area contributed by atoms with Crippen molar-refractivity contribution >= 4 is 0 Å². The Balaban J connectivity index is 0.000000175. The van der Waals surface area contributed by atoms with Gasteiger partial charge in [0.25, 0.3) is 0 Å². The maximum absolute atomic E-state index is 4.29. The van der Waals surface area contributed by atoms with Crippen molar-refractivity contribution in [2.45, 2.75) is 65.5 Å². The predicted octanol–water partition coefficient (Wildman–Crippen LogP) is 8.58. The molecule has 6 heteroatoms. The molecule has 0 atom stereocenters. The van der Waals surface area contributed by atoms with Crippen LogP contribution in [0, 0.1) is 0 Å². The minimum atomic E-state index is 0.170. The molecule has 6 rings (SSSR count). The van der Waals surface area contributed by atoms with Crippen LogP contribution in [0.15, 0.2) is 122 Å². The molecule has 0 unspecified atom stereocenters. The average molecular weight is 583 g/mol. The first-order chi connectivity index (χ1) is 21.0.